The van der Waals surface area contributed by atoms with Gasteiger partial charge in [0.25, 0.3) is 5.56 Å². The first-order valence-corrected chi connectivity index (χ1v) is 16.2. The summed E-state index contributed by atoms with van der Waals surface area (Å²) in [5.74, 6) is 1.15. The standard InChI is InChI=1S/C33H46N8O4/c1-5-24(17-29(43)38-45)16-21(2)20-39-12-14-40(15-13-39)26-10-11-28(34-18-26)36-33-35-19-27-22(3)30(23(4)42)32(44)41(31(27)37-33)25-8-6-7-9-25/h10-11,18-19,21,24-25,45H,5-9,12-17,20H2,1-4H3,(H,38,43)(H,34,35,36,37). The van der Waals surface area contributed by atoms with Gasteiger partial charge in [0.05, 0.1) is 17.4 Å². The number of anilines is 3. The topological polar surface area (TPSA) is 146 Å². The van der Waals surface area contributed by atoms with Gasteiger partial charge in [-0.05, 0) is 62.6 Å². The molecule has 1 saturated carbocycles. The zero-order chi connectivity index (χ0) is 32.1. The summed E-state index contributed by atoms with van der Waals surface area (Å²) >= 11 is 0. The molecular weight excluding hydrogens is 572 g/mol. The van der Waals surface area contributed by atoms with Crippen molar-refractivity contribution in [1.82, 2.24) is 29.9 Å². The van der Waals surface area contributed by atoms with E-state index in [2.05, 4.69) is 38.9 Å². The van der Waals surface area contributed by atoms with Gasteiger partial charge in [-0.25, -0.2) is 15.4 Å². The summed E-state index contributed by atoms with van der Waals surface area (Å²) in [5, 5.41) is 12.8. The minimum Gasteiger partial charge on any atom is -0.368 e. The van der Waals surface area contributed by atoms with Crippen LogP contribution < -0.4 is 21.3 Å². The van der Waals surface area contributed by atoms with Crippen LogP contribution >= 0.6 is 0 Å². The first kappa shape index (κ1) is 32.5. The number of carbonyl (C=O) groups is 2. The number of ketones is 1. The van der Waals surface area contributed by atoms with Crippen LogP contribution in [0.15, 0.2) is 29.3 Å². The Kier molecular flexibility index (Phi) is 10.4. The van der Waals surface area contributed by atoms with E-state index in [4.69, 9.17) is 10.2 Å². The summed E-state index contributed by atoms with van der Waals surface area (Å²) < 4.78 is 1.72. The molecule has 0 spiro atoms. The third kappa shape index (κ3) is 7.50. The SMILES string of the molecule is CCC(CC(=O)NO)CC(C)CN1CCN(c2ccc(Nc3ncc4c(C)c(C(C)=O)c(=O)n(C5CCCC5)c4n3)nc2)CC1. The molecule has 1 amide bonds. The molecule has 5 rings (SSSR count). The molecule has 242 valence electrons. The van der Waals surface area contributed by atoms with E-state index < -0.39 is 0 Å². The number of nitrogens with zero attached hydrogens (tertiary/aromatic N) is 6. The fraction of sp³-hybridized carbons (Fsp3) is 0.576. The highest BCUT2D eigenvalue weighted by molar-refractivity contribution is 5.99. The minimum atomic E-state index is -0.313. The van der Waals surface area contributed by atoms with Gasteiger partial charge in [-0.3, -0.25) is 29.1 Å². The third-order valence-electron chi connectivity index (χ3n) is 9.46. The highest BCUT2D eigenvalue weighted by Gasteiger charge is 2.26. The molecule has 1 aliphatic carbocycles. The van der Waals surface area contributed by atoms with E-state index in [1.165, 1.54) is 6.92 Å². The third-order valence-corrected chi connectivity index (χ3v) is 9.46. The lowest BCUT2D eigenvalue weighted by Crippen LogP contribution is -2.47. The van der Waals surface area contributed by atoms with Gasteiger partial charge in [0, 0.05) is 56.8 Å². The number of fused-ring (bicyclic) bond motifs is 1. The Bertz CT molecular complexity index is 1560. The number of hydroxylamine groups is 1. The number of hydrogen-bond acceptors (Lipinski definition) is 10. The Morgan fingerprint density at radius 3 is 2.44 bits per heavy atom. The molecule has 0 aromatic carbocycles. The van der Waals surface area contributed by atoms with Crippen molar-refractivity contribution in [3.8, 4) is 0 Å². The fourth-order valence-electron chi connectivity index (χ4n) is 7.05. The monoisotopic (exact) mass is 618 g/mol. The number of aromatic nitrogens is 4. The smallest absolute Gasteiger partial charge is 0.263 e. The average Bonchev–Trinajstić information content (AvgIpc) is 3.56. The number of nitrogens with one attached hydrogen (secondary N) is 2. The molecule has 3 N–H and O–H groups in total. The summed E-state index contributed by atoms with van der Waals surface area (Å²) in [4.78, 5) is 56.2. The molecule has 12 nitrogen and oxygen atoms in total. The van der Waals surface area contributed by atoms with Crippen LogP contribution in [0.4, 0.5) is 17.5 Å². The van der Waals surface area contributed by atoms with Crippen molar-refractivity contribution >= 4 is 40.2 Å². The van der Waals surface area contributed by atoms with E-state index in [9.17, 15) is 14.4 Å². The van der Waals surface area contributed by atoms with Crippen LogP contribution in [-0.2, 0) is 4.79 Å². The predicted octanol–water partition coefficient (Wildman–Crippen LogP) is 4.63. The Morgan fingerprint density at radius 2 is 1.82 bits per heavy atom. The van der Waals surface area contributed by atoms with Crippen LogP contribution in [0.3, 0.4) is 0 Å². The number of pyridine rings is 2. The first-order chi connectivity index (χ1) is 21.7. The summed E-state index contributed by atoms with van der Waals surface area (Å²) in [6.07, 6.45) is 9.68. The molecule has 12 heteroatoms. The van der Waals surface area contributed by atoms with Crippen molar-refractivity contribution in [3.05, 3.63) is 46.0 Å². The Morgan fingerprint density at radius 1 is 1.09 bits per heavy atom. The first-order valence-electron chi connectivity index (χ1n) is 16.2. The second kappa shape index (κ2) is 14.5. The highest BCUT2D eigenvalue weighted by Crippen LogP contribution is 2.32. The molecule has 1 saturated heterocycles. The summed E-state index contributed by atoms with van der Waals surface area (Å²) in [5.41, 5.74) is 3.94. The predicted molar refractivity (Wildman–Crippen MR) is 174 cm³/mol. The van der Waals surface area contributed by atoms with Crippen molar-refractivity contribution in [2.45, 2.75) is 78.7 Å². The molecule has 2 aliphatic rings. The Balaban J connectivity index is 1.22. The second-order valence-electron chi connectivity index (χ2n) is 12.8. The van der Waals surface area contributed by atoms with Gasteiger partial charge in [-0.15, -0.1) is 0 Å². The minimum absolute atomic E-state index is 0.0240. The maximum Gasteiger partial charge on any atom is 0.263 e. The number of Topliss-reactive ketones (excluding diaryl/α,β-unsaturated/α-hetero) is 1. The molecule has 1 aliphatic heterocycles. The molecule has 3 aromatic rings. The largest absolute Gasteiger partial charge is 0.368 e. The summed E-state index contributed by atoms with van der Waals surface area (Å²) in [6, 6.07) is 3.99. The van der Waals surface area contributed by atoms with Gasteiger partial charge in [-0.1, -0.05) is 33.1 Å². The van der Waals surface area contributed by atoms with Crippen molar-refractivity contribution in [2.24, 2.45) is 11.8 Å². The van der Waals surface area contributed by atoms with Crippen LogP contribution in [0.5, 0.6) is 0 Å². The molecule has 0 radical (unpaired) electrons. The highest BCUT2D eigenvalue weighted by atomic mass is 16.5. The fourth-order valence-corrected chi connectivity index (χ4v) is 7.05. The molecule has 2 unspecified atom stereocenters. The quantitative estimate of drug-likeness (QED) is 0.149. The van der Waals surface area contributed by atoms with Crippen LogP contribution in [0.25, 0.3) is 11.0 Å². The van der Waals surface area contributed by atoms with E-state index in [0.717, 1.165) is 76.9 Å². The van der Waals surface area contributed by atoms with E-state index >= 15 is 0 Å². The number of amides is 1. The molecule has 0 bridgehead atoms. The van der Waals surface area contributed by atoms with Crippen molar-refractivity contribution in [2.75, 3.05) is 42.9 Å². The molecule has 3 aromatic heterocycles. The lowest BCUT2D eigenvalue weighted by Gasteiger charge is -2.37. The number of hydrogen-bond donors (Lipinski definition) is 3. The second-order valence-corrected chi connectivity index (χ2v) is 12.8. The zero-order valence-electron chi connectivity index (χ0n) is 26.9. The number of rotatable bonds is 12. The van der Waals surface area contributed by atoms with Crippen molar-refractivity contribution < 1.29 is 14.8 Å². The molecule has 45 heavy (non-hydrogen) atoms. The molecular formula is C33H46N8O4. The summed E-state index contributed by atoms with van der Waals surface area (Å²) in [6.45, 7) is 12.3. The van der Waals surface area contributed by atoms with Gasteiger partial charge in [0.1, 0.15) is 11.5 Å². The molecule has 2 fully saturated rings. The van der Waals surface area contributed by atoms with Gasteiger partial charge in [0.2, 0.25) is 11.9 Å². The van der Waals surface area contributed by atoms with E-state index in [1.54, 1.807) is 23.2 Å². The number of piperazine rings is 1. The lowest BCUT2D eigenvalue weighted by atomic mass is 9.90. The van der Waals surface area contributed by atoms with Gasteiger partial charge >= 0.3 is 0 Å². The lowest BCUT2D eigenvalue weighted by molar-refractivity contribution is -0.130. The van der Waals surface area contributed by atoms with Crippen LogP contribution in [0, 0.1) is 18.8 Å². The average molecular weight is 619 g/mol. The zero-order valence-corrected chi connectivity index (χ0v) is 26.9. The maximum absolute atomic E-state index is 13.5. The maximum atomic E-state index is 13.5. The van der Waals surface area contributed by atoms with Crippen LogP contribution in [0.2, 0.25) is 0 Å². The normalized spacial score (nSPS) is 17.4. The summed E-state index contributed by atoms with van der Waals surface area (Å²) in [7, 11) is 0. The van der Waals surface area contributed by atoms with Gasteiger partial charge in [-0.2, -0.15) is 4.98 Å². The van der Waals surface area contributed by atoms with Gasteiger partial charge in [0.15, 0.2) is 5.78 Å². The van der Waals surface area contributed by atoms with E-state index in [-0.39, 0.29) is 34.8 Å². The van der Waals surface area contributed by atoms with E-state index in [1.807, 2.05) is 18.3 Å². The molecule has 4 heterocycles. The number of aryl methyl sites for hydroxylation is 1. The van der Waals surface area contributed by atoms with Crippen LogP contribution in [0.1, 0.15) is 87.7 Å². The number of carbonyl (C=O) groups excluding carboxylic acids is 2. The van der Waals surface area contributed by atoms with Crippen molar-refractivity contribution in [1.29, 1.82) is 0 Å². The van der Waals surface area contributed by atoms with Crippen molar-refractivity contribution in [3.63, 3.8) is 0 Å². The van der Waals surface area contributed by atoms with Gasteiger partial charge < -0.3 is 10.2 Å². The van der Waals surface area contributed by atoms with Crippen LogP contribution in [-0.4, -0.2) is 74.0 Å². The Labute approximate surface area is 264 Å². The Hall–Kier alpha value is -3.90. The molecule has 2 atom stereocenters. The van der Waals surface area contributed by atoms with E-state index in [0.29, 0.717) is 40.7 Å².